The van der Waals surface area contributed by atoms with E-state index in [9.17, 15) is 0 Å². The van der Waals surface area contributed by atoms with Gasteiger partial charge in [-0.05, 0) is 91.0 Å². The molecule has 0 amide bonds. The topological polar surface area (TPSA) is 48.8 Å². The molecule has 0 aliphatic carbocycles. The lowest BCUT2D eigenvalue weighted by Gasteiger charge is -2.11. The lowest BCUT2D eigenvalue weighted by molar-refractivity contribution is 0.669. The predicted molar refractivity (Wildman–Crippen MR) is 234 cm³/mol. The Balaban J connectivity index is 1.08. The van der Waals surface area contributed by atoms with E-state index in [1.165, 1.54) is 21.7 Å². The van der Waals surface area contributed by atoms with Crippen LogP contribution in [0, 0.1) is 0 Å². The van der Waals surface area contributed by atoms with Crippen LogP contribution in [0.25, 0.3) is 111 Å². The van der Waals surface area contributed by atoms with Gasteiger partial charge in [-0.3, -0.25) is 0 Å². The standard InChI is InChI=1S/C52H32N4O/c1-3-13-36(14-4-1)55-46-20-10-7-17-38(46)42-29-33(24-27-48(42)55)44-32-45(34-23-26-41-40-19-9-12-22-50(40)57-51(41)31-34)54-52(53-44)35-25-28-49-43(30-35)39-18-8-11-21-47(39)56(49)37-15-5-2-6-16-37/h1-32H. The second kappa shape index (κ2) is 12.4. The third-order valence-corrected chi connectivity index (χ3v) is 11.3. The molecule has 57 heavy (non-hydrogen) atoms. The van der Waals surface area contributed by atoms with Crippen LogP contribution in [0.4, 0.5) is 0 Å². The van der Waals surface area contributed by atoms with Gasteiger partial charge in [0.05, 0.1) is 33.5 Å². The zero-order valence-electron chi connectivity index (χ0n) is 30.7. The Morgan fingerprint density at radius 2 is 0.772 bits per heavy atom. The number of aromatic nitrogens is 4. The largest absolute Gasteiger partial charge is 0.456 e. The molecule has 0 aliphatic heterocycles. The van der Waals surface area contributed by atoms with E-state index in [1.54, 1.807) is 0 Å². The van der Waals surface area contributed by atoms with Gasteiger partial charge in [0, 0.05) is 60.4 Å². The van der Waals surface area contributed by atoms with E-state index in [0.717, 1.165) is 83.3 Å². The van der Waals surface area contributed by atoms with Crippen molar-refractivity contribution >= 4 is 65.6 Å². The average molecular weight is 729 g/mol. The molecule has 4 heterocycles. The predicted octanol–water partition coefficient (Wildman–Crippen LogP) is 13.6. The first-order chi connectivity index (χ1) is 28.2. The summed E-state index contributed by atoms with van der Waals surface area (Å²) in [7, 11) is 0. The molecule has 0 bridgehead atoms. The molecule has 12 rings (SSSR count). The van der Waals surface area contributed by atoms with Crippen molar-refractivity contribution < 1.29 is 4.42 Å². The van der Waals surface area contributed by atoms with Crippen LogP contribution >= 0.6 is 0 Å². The van der Waals surface area contributed by atoms with Gasteiger partial charge in [0.2, 0.25) is 0 Å². The first kappa shape index (κ1) is 31.6. The summed E-state index contributed by atoms with van der Waals surface area (Å²) in [6.07, 6.45) is 0. The fourth-order valence-corrected chi connectivity index (χ4v) is 8.71. The number of rotatable bonds is 5. The maximum atomic E-state index is 6.35. The minimum atomic E-state index is 0.664. The lowest BCUT2D eigenvalue weighted by Crippen LogP contribution is -1.97. The van der Waals surface area contributed by atoms with Crippen molar-refractivity contribution in [3.05, 3.63) is 194 Å². The van der Waals surface area contributed by atoms with Gasteiger partial charge >= 0.3 is 0 Å². The van der Waals surface area contributed by atoms with Crippen molar-refractivity contribution in [3.63, 3.8) is 0 Å². The van der Waals surface area contributed by atoms with Crippen molar-refractivity contribution in [1.82, 2.24) is 19.1 Å². The second-order valence-electron chi connectivity index (χ2n) is 14.6. The highest BCUT2D eigenvalue weighted by molar-refractivity contribution is 6.12. The number of furan rings is 1. The number of hydrogen-bond donors (Lipinski definition) is 0. The summed E-state index contributed by atoms with van der Waals surface area (Å²) < 4.78 is 11.0. The van der Waals surface area contributed by atoms with Crippen LogP contribution < -0.4 is 0 Å². The molecule has 5 nitrogen and oxygen atoms in total. The molecule has 8 aromatic carbocycles. The zero-order chi connectivity index (χ0) is 37.5. The molecule has 0 N–H and O–H groups in total. The van der Waals surface area contributed by atoms with Crippen LogP contribution in [0.2, 0.25) is 0 Å². The number of nitrogens with zero attached hydrogens (tertiary/aromatic N) is 4. The van der Waals surface area contributed by atoms with E-state index >= 15 is 0 Å². The number of para-hydroxylation sites is 5. The molecule has 0 saturated carbocycles. The number of benzene rings is 8. The molecule has 0 aliphatic rings. The monoisotopic (exact) mass is 728 g/mol. The highest BCUT2D eigenvalue weighted by Crippen LogP contribution is 2.39. The van der Waals surface area contributed by atoms with Gasteiger partial charge in [0.1, 0.15) is 11.2 Å². The van der Waals surface area contributed by atoms with Gasteiger partial charge < -0.3 is 13.6 Å². The first-order valence-electron chi connectivity index (χ1n) is 19.2. The molecular weight excluding hydrogens is 697 g/mol. The fraction of sp³-hybridized carbons (Fsp3) is 0. The quantitative estimate of drug-likeness (QED) is 0.177. The third kappa shape index (κ3) is 4.96. The molecule has 0 radical (unpaired) electrons. The molecule has 0 atom stereocenters. The van der Waals surface area contributed by atoms with Crippen LogP contribution in [-0.4, -0.2) is 19.1 Å². The van der Waals surface area contributed by atoms with E-state index in [2.05, 4.69) is 191 Å². The van der Waals surface area contributed by atoms with Gasteiger partial charge in [-0.25, -0.2) is 9.97 Å². The Morgan fingerprint density at radius 1 is 0.316 bits per heavy atom. The maximum Gasteiger partial charge on any atom is 0.160 e. The molecular formula is C52H32N4O. The summed E-state index contributed by atoms with van der Waals surface area (Å²) in [5.41, 5.74) is 13.2. The third-order valence-electron chi connectivity index (χ3n) is 11.3. The minimum Gasteiger partial charge on any atom is -0.456 e. The van der Waals surface area contributed by atoms with Gasteiger partial charge in [-0.1, -0.05) is 103 Å². The van der Waals surface area contributed by atoms with Crippen LogP contribution in [-0.2, 0) is 0 Å². The molecule has 0 fully saturated rings. The molecule has 0 spiro atoms. The number of hydrogen-bond acceptors (Lipinski definition) is 3. The van der Waals surface area contributed by atoms with Crippen LogP contribution in [0.3, 0.4) is 0 Å². The Kier molecular flexibility index (Phi) is 6.86. The van der Waals surface area contributed by atoms with E-state index in [1.807, 2.05) is 12.1 Å². The summed E-state index contributed by atoms with van der Waals surface area (Å²) in [6, 6.07) is 68.4. The Hall–Kier alpha value is -7.76. The second-order valence-corrected chi connectivity index (χ2v) is 14.6. The summed E-state index contributed by atoms with van der Waals surface area (Å²) in [5, 5.41) is 6.90. The van der Waals surface area contributed by atoms with Crippen molar-refractivity contribution in [1.29, 1.82) is 0 Å². The smallest absolute Gasteiger partial charge is 0.160 e. The van der Waals surface area contributed by atoms with Crippen LogP contribution in [0.1, 0.15) is 0 Å². The van der Waals surface area contributed by atoms with Crippen molar-refractivity contribution in [2.75, 3.05) is 0 Å². The molecule has 12 aromatic rings. The van der Waals surface area contributed by atoms with Crippen molar-refractivity contribution in [2.24, 2.45) is 0 Å². The first-order valence-corrected chi connectivity index (χ1v) is 19.2. The van der Waals surface area contributed by atoms with Crippen LogP contribution in [0.5, 0.6) is 0 Å². The van der Waals surface area contributed by atoms with Gasteiger partial charge in [-0.2, -0.15) is 0 Å². The van der Waals surface area contributed by atoms with Crippen molar-refractivity contribution in [2.45, 2.75) is 0 Å². The summed E-state index contributed by atoms with van der Waals surface area (Å²) in [4.78, 5) is 10.7. The highest BCUT2D eigenvalue weighted by Gasteiger charge is 2.18. The molecule has 0 saturated heterocycles. The zero-order valence-corrected chi connectivity index (χ0v) is 30.7. The fourth-order valence-electron chi connectivity index (χ4n) is 8.71. The van der Waals surface area contributed by atoms with Gasteiger partial charge in [0.25, 0.3) is 0 Å². The molecule has 0 unspecified atom stereocenters. The van der Waals surface area contributed by atoms with E-state index in [-0.39, 0.29) is 0 Å². The molecule has 266 valence electrons. The van der Waals surface area contributed by atoms with Gasteiger partial charge in [-0.15, -0.1) is 0 Å². The van der Waals surface area contributed by atoms with E-state index in [0.29, 0.717) is 5.82 Å². The van der Waals surface area contributed by atoms with E-state index < -0.39 is 0 Å². The SMILES string of the molecule is c1ccc(-n2c3ccccc3c3cc(-c4cc(-c5ccc6c(c5)oc5ccccc56)nc(-c5ccc6c(c5)c5ccccc5n6-c5ccccc5)n4)ccc32)cc1. The van der Waals surface area contributed by atoms with Gasteiger partial charge in [0.15, 0.2) is 5.82 Å². The lowest BCUT2D eigenvalue weighted by atomic mass is 10.0. The van der Waals surface area contributed by atoms with Crippen molar-refractivity contribution in [3.8, 4) is 45.3 Å². The summed E-state index contributed by atoms with van der Waals surface area (Å²) >= 11 is 0. The van der Waals surface area contributed by atoms with E-state index in [4.69, 9.17) is 14.4 Å². The summed E-state index contributed by atoms with van der Waals surface area (Å²) in [5.74, 6) is 0.664. The Morgan fingerprint density at radius 3 is 1.40 bits per heavy atom. The normalized spacial score (nSPS) is 11.9. The van der Waals surface area contributed by atoms with Crippen LogP contribution in [0.15, 0.2) is 199 Å². The minimum absolute atomic E-state index is 0.664. The molecule has 4 aromatic heterocycles. The Labute approximate surface area is 327 Å². The Bertz CT molecular complexity index is 3340. The highest BCUT2D eigenvalue weighted by atomic mass is 16.3. The average Bonchev–Trinajstić information content (AvgIpc) is 3.94. The maximum absolute atomic E-state index is 6.35. The summed E-state index contributed by atoms with van der Waals surface area (Å²) in [6.45, 7) is 0. The number of fused-ring (bicyclic) bond motifs is 9. The molecule has 5 heteroatoms.